The third kappa shape index (κ3) is 3.64. The second kappa shape index (κ2) is 8.37. The van der Waals surface area contributed by atoms with Gasteiger partial charge in [-0.3, -0.25) is 14.9 Å². The second-order valence-corrected chi connectivity index (χ2v) is 7.16. The van der Waals surface area contributed by atoms with Gasteiger partial charge in [-0.2, -0.15) is 5.10 Å². The van der Waals surface area contributed by atoms with Crippen LogP contribution >= 0.6 is 0 Å². The molecule has 1 amide bonds. The number of carbonyl (C=O) groups excluding carboxylic acids is 1. The topological polar surface area (TPSA) is 71.1 Å². The summed E-state index contributed by atoms with van der Waals surface area (Å²) in [5.41, 5.74) is 4.42. The van der Waals surface area contributed by atoms with Gasteiger partial charge in [0.25, 0.3) is 5.91 Å². The molecule has 0 bridgehead atoms. The molecule has 152 valence electrons. The van der Waals surface area contributed by atoms with Crippen molar-refractivity contribution in [1.29, 1.82) is 0 Å². The molecule has 0 radical (unpaired) electrons. The van der Waals surface area contributed by atoms with Crippen molar-refractivity contribution < 1.29 is 9.53 Å². The van der Waals surface area contributed by atoms with Gasteiger partial charge in [-0.15, -0.1) is 0 Å². The molecule has 0 aliphatic carbocycles. The largest absolute Gasteiger partial charge is 0.493 e. The second-order valence-electron chi connectivity index (χ2n) is 7.16. The van der Waals surface area contributed by atoms with E-state index in [4.69, 9.17) is 4.74 Å². The maximum Gasteiger partial charge on any atom is 0.254 e. The number of pyridine rings is 1. The van der Waals surface area contributed by atoms with Crippen molar-refractivity contribution in [2.24, 2.45) is 0 Å². The average molecular weight is 400 g/mol. The summed E-state index contributed by atoms with van der Waals surface area (Å²) in [7, 11) is 1.80. The Balaban J connectivity index is 1.65. The summed E-state index contributed by atoms with van der Waals surface area (Å²) in [6.45, 7) is 4.45. The van der Waals surface area contributed by atoms with E-state index < -0.39 is 0 Å². The van der Waals surface area contributed by atoms with Crippen molar-refractivity contribution in [3.63, 3.8) is 0 Å². The van der Waals surface area contributed by atoms with Crippen LogP contribution in [-0.4, -0.2) is 39.6 Å². The number of benzene rings is 2. The Morgan fingerprint density at radius 3 is 2.70 bits per heavy atom. The smallest absolute Gasteiger partial charge is 0.254 e. The fraction of sp³-hybridized carbons (Fsp3) is 0.208. The zero-order chi connectivity index (χ0) is 21.1. The zero-order valence-corrected chi connectivity index (χ0v) is 17.3. The SMILES string of the molecule is CCOc1cc(C(=O)N(C)[C@H](C)c2cncc3cn[nH]c23)ccc1-c1ccccc1. The lowest BCUT2D eigenvalue weighted by Gasteiger charge is -2.26. The van der Waals surface area contributed by atoms with Gasteiger partial charge in [0.05, 0.1) is 24.4 Å². The number of aromatic amines is 1. The molecule has 0 aliphatic rings. The number of aromatic nitrogens is 3. The number of hydrogen-bond donors (Lipinski definition) is 1. The third-order valence-electron chi connectivity index (χ3n) is 5.35. The zero-order valence-electron chi connectivity index (χ0n) is 17.3. The van der Waals surface area contributed by atoms with Crippen LogP contribution in [0.3, 0.4) is 0 Å². The van der Waals surface area contributed by atoms with Gasteiger partial charge in [0.2, 0.25) is 0 Å². The number of carbonyl (C=O) groups is 1. The quantitative estimate of drug-likeness (QED) is 0.502. The molecule has 0 spiro atoms. The minimum Gasteiger partial charge on any atom is -0.493 e. The molecule has 6 heteroatoms. The Kier molecular flexibility index (Phi) is 5.48. The molecule has 30 heavy (non-hydrogen) atoms. The van der Waals surface area contributed by atoms with Crippen LogP contribution in [-0.2, 0) is 0 Å². The van der Waals surface area contributed by atoms with E-state index >= 15 is 0 Å². The predicted molar refractivity (Wildman–Crippen MR) is 117 cm³/mol. The number of H-pyrrole nitrogens is 1. The monoisotopic (exact) mass is 400 g/mol. The Hall–Kier alpha value is -3.67. The summed E-state index contributed by atoms with van der Waals surface area (Å²) in [6, 6.07) is 15.5. The molecule has 1 atom stereocenters. The lowest BCUT2D eigenvalue weighted by Crippen LogP contribution is -2.30. The van der Waals surface area contributed by atoms with Crippen molar-refractivity contribution in [1.82, 2.24) is 20.1 Å². The Morgan fingerprint density at radius 1 is 1.13 bits per heavy atom. The molecular formula is C24H24N4O2. The standard InChI is InChI=1S/C24H24N4O2/c1-4-30-22-12-18(10-11-20(22)17-8-6-5-7-9-17)24(29)28(3)16(2)21-15-25-13-19-14-26-27-23(19)21/h5-16H,4H2,1-3H3,(H,26,27)/t16-/m1/s1. The molecule has 4 aromatic rings. The molecule has 4 rings (SSSR count). The maximum atomic E-state index is 13.3. The van der Waals surface area contributed by atoms with Crippen LogP contribution in [0.1, 0.15) is 35.8 Å². The number of fused-ring (bicyclic) bond motifs is 1. The molecule has 0 saturated heterocycles. The molecule has 1 N–H and O–H groups in total. The first kappa shape index (κ1) is 19.6. The number of ether oxygens (including phenoxy) is 1. The van der Waals surface area contributed by atoms with Crippen LogP contribution in [0, 0.1) is 0 Å². The molecule has 0 aliphatic heterocycles. The molecule has 0 fully saturated rings. The summed E-state index contributed by atoms with van der Waals surface area (Å²) >= 11 is 0. The normalized spacial score (nSPS) is 12.0. The lowest BCUT2D eigenvalue weighted by atomic mass is 10.0. The number of hydrogen-bond acceptors (Lipinski definition) is 4. The van der Waals surface area contributed by atoms with Gasteiger partial charge in [-0.25, -0.2) is 0 Å². The van der Waals surface area contributed by atoms with Gasteiger partial charge in [-0.1, -0.05) is 30.3 Å². The maximum absolute atomic E-state index is 13.3. The van der Waals surface area contributed by atoms with Crippen molar-refractivity contribution in [2.75, 3.05) is 13.7 Å². The molecular weight excluding hydrogens is 376 g/mol. The lowest BCUT2D eigenvalue weighted by molar-refractivity contribution is 0.0743. The van der Waals surface area contributed by atoms with Gasteiger partial charge < -0.3 is 9.64 Å². The van der Waals surface area contributed by atoms with Crippen LogP contribution in [0.15, 0.2) is 67.1 Å². The van der Waals surface area contributed by atoms with Crippen molar-refractivity contribution in [3.8, 4) is 16.9 Å². The number of nitrogens with one attached hydrogen (secondary N) is 1. The van der Waals surface area contributed by atoms with E-state index in [1.165, 1.54) is 0 Å². The minimum atomic E-state index is -0.182. The summed E-state index contributed by atoms with van der Waals surface area (Å²) in [6.07, 6.45) is 5.27. The summed E-state index contributed by atoms with van der Waals surface area (Å²) < 4.78 is 5.86. The average Bonchev–Trinajstić information content (AvgIpc) is 3.27. The van der Waals surface area contributed by atoms with Crippen LogP contribution in [0.25, 0.3) is 22.0 Å². The molecule has 2 aromatic carbocycles. The van der Waals surface area contributed by atoms with E-state index in [1.807, 2.05) is 62.4 Å². The predicted octanol–water partition coefficient (Wildman–Crippen LogP) is 4.86. The van der Waals surface area contributed by atoms with Gasteiger partial charge >= 0.3 is 0 Å². The van der Waals surface area contributed by atoms with Gasteiger partial charge in [-0.05, 0) is 37.6 Å². The fourth-order valence-corrected chi connectivity index (χ4v) is 3.58. The van der Waals surface area contributed by atoms with E-state index in [2.05, 4.69) is 15.2 Å². The van der Waals surface area contributed by atoms with E-state index in [1.54, 1.807) is 30.5 Å². The van der Waals surface area contributed by atoms with E-state index in [0.717, 1.165) is 27.6 Å². The van der Waals surface area contributed by atoms with E-state index in [9.17, 15) is 4.79 Å². The Morgan fingerprint density at radius 2 is 1.93 bits per heavy atom. The van der Waals surface area contributed by atoms with Gasteiger partial charge in [0.1, 0.15) is 5.75 Å². The van der Waals surface area contributed by atoms with Crippen molar-refractivity contribution in [2.45, 2.75) is 19.9 Å². The van der Waals surface area contributed by atoms with Crippen molar-refractivity contribution in [3.05, 3.63) is 78.2 Å². The molecule has 0 unspecified atom stereocenters. The highest BCUT2D eigenvalue weighted by Gasteiger charge is 2.22. The summed E-state index contributed by atoms with van der Waals surface area (Å²) in [4.78, 5) is 19.3. The Labute approximate surface area is 175 Å². The summed E-state index contributed by atoms with van der Waals surface area (Å²) in [5.74, 6) is 0.618. The summed E-state index contributed by atoms with van der Waals surface area (Å²) in [5, 5.41) is 8.02. The molecule has 0 saturated carbocycles. The number of amides is 1. The van der Waals surface area contributed by atoms with Crippen LogP contribution in [0.2, 0.25) is 0 Å². The van der Waals surface area contributed by atoms with Crippen LogP contribution in [0.4, 0.5) is 0 Å². The molecule has 2 aromatic heterocycles. The fourth-order valence-electron chi connectivity index (χ4n) is 3.58. The van der Waals surface area contributed by atoms with Gasteiger partial charge in [0.15, 0.2) is 0 Å². The molecule has 6 nitrogen and oxygen atoms in total. The van der Waals surface area contributed by atoms with E-state index in [-0.39, 0.29) is 11.9 Å². The van der Waals surface area contributed by atoms with Crippen LogP contribution < -0.4 is 4.74 Å². The first-order valence-corrected chi connectivity index (χ1v) is 9.96. The van der Waals surface area contributed by atoms with Crippen LogP contribution in [0.5, 0.6) is 5.75 Å². The third-order valence-corrected chi connectivity index (χ3v) is 5.35. The highest BCUT2D eigenvalue weighted by molar-refractivity contribution is 5.96. The first-order valence-electron chi connectivity index (χ1n) is 9.96. The highest BCUT2D eigenvalue weighted by atomic mass is 16.5. The van der Waals surface area contributed by atoms with Gasteiger partial charge in [0, 0.05) is 41.5 Å². The number of rotatable bonds is 6. The first-order chi connectivity index (χ1) is 14.6. The molecule has 2 heterocycles. The van der Waals surface area contributed by atoms with E-state index in [0.29, 0.717) is 17.9 Å². The number of nitrogens with zero attached hydrogens (tertiary/aromatic N) is 3. The minimum absolute atomic E-state index is 0.0837. The van der Waals surface area contributed by atoms with Crippen molar-refractivity contribution >= 4 is 16.8 Å². The Bertz CT molecular complexity index is 1170. The highest BCUT2D eigenvalue weighted by Crippen LogP contribution is 2.32.